The Kier molecular flexibility index (Phi) is 13.2. The maximum Gasteiger partial charge on any atom is 1.00 e. The third-order valence-electron chi connectivity index (χ3n) is 2.07. The van der Waals surface area contributed by atoms with Gasteiger partial charge in [-0.15, -0.1) is 0 Å². The van der Waals surface area contributed by atoms with Crippen LogP contribution < -0.4 is 69.3 Å². The maximum atomic E-state index is 11.8. The summed E-state index contributed by atoms with van der Waals surface area (Å²) in [4.78, 5) is 20.2. The molecular weight excluding hydrogens is 278 g/mol. The summed E-state index contributed by atoms with van der Waals surface area (Å²) in [5.74, 6) is 0.0752. The molecule has 0 amide bonds. The molecule has 0 fully saturated rings. The number of hydrogen-bond acceptors (Lipinski definition) is 4. The van der Waals surface area contributed by atoms with Crippen LogP contribution in [0.2, 0.25) is 0 Å². The van der Waals surface area contributed by atoms with Crippen LogP contribution in [0.3, 0.4) is 0 Å². The largest absolute Gasteiger partial charge is 1.00 e. The Labute approximate surface area is 161 Å². The van der Waals surface area contributed by atoms with Crippen molar-refractivity contribution in [1.82, 2.24) is 0 Å². The standard InChI is InChI=1S/C13H10O.CH2O3.2Na/c14-13(11-7-3-1-4-8-11)12-9-5-2-6-10-12;2-1(3)4;;/h1-10H;(H2,2,3,4);;/q;;2*+1/p-2. The predicted octanol–water partition coefficient (Wildman–Crippen LogP) is -5.52. The van der Waals surface area contributed by atoms with Crippen molar-refractivity contribution < 1.29 is 78.9 Å². The van der Waals surface area contributed by atoms with Crippen molar-refractivity contribution in [2.24, 2.45) is 0 Å². The van der Waals surface area contributed by atoms with E-state index in [0.29, 0.717) is 0 Å². The van der Waals surface area contributed by atoms with Crippen molar-refractivity contribution in [3.8, 4) is 0 Å². The van der Waals surface area contributed by atoms with Crippen molar-refractivity contribution in [2.45, 2.75) is 0 Å². The fourth-order valence-electron chi connectivity index (χ4n) is 1.35. The monoisotopic (exact) mass is 288 g/mol. The van der Waals surface area contributed by atoms with Gasteiger partial charge in [0, 0.05) is 11.1 Å². The van der Waals surface area contributed by atoms with Gasteiger partial charge in [0.2, 0.25) is 0 Å². The maximum absolute atomic E-state index is 11.8. The Morgan fingerprint density at radius 1 is 0.650 bits per heavy atom. The van der Waals surface area contributed by atoms with Crippen LogP contribution >= 0.6 is 0 Å². The summed E-state index contributed by atoms with van der Waals surface area (Å²) in [5, 5.41) is 16.7. The minimum absolute atomic E-state index is 0. The SMILES string of the molecule is O=C([O-])[O-].O=C(c1ccccc1)c1ccccc1.[Na+].[Na+]. The van der Waals surface area contributed by atoms with Gasteiger partial charge >= 0.3 is 59.1 Å². The zero-order chi connectivity index (χ0) is 13.4. The normalized spacial score (nSPS) is 8.00. The number of benzene rings is 2. The molecule has 0 N–H and O–H groups in total. The van der Waals surface area contributed by atoms with Crippen LogP contribution in [0.25, 0.3) is 0 Å². The van der Waals surface area contributed by atoms with Crippen molar-refractivity contribution in [3.05, 3.63) is 71.8 Å². The minimum Gasteiger partial charge on any atom is -0.652 e. The van der Waals surface area contributed by atoms with E-state index in [2.05, 4.69) is 0 Å². The van der Waals surface area contributed by atoms with Gasteiger partial charge in [-0.05, 0) is 6.16 Å². The van der Waals surface area contributed by atoms with E-state index in [4.69, 9.17) is 15.0 Å². The van der Waals surface area contributed by atoms with Gasteiger partial charge < -0.3 is 15.0 Å². The number of carbonyl (C=O) groups excluding carboxylic acids is 2. The quantitative estimate of drug-likeness (QED) is 0.408. The van der Waals surface area contributed by atoms with E-state index in [1.54, 1.807) is 0 Å². The number of ketones is 1. The molecule has 0 spiro atoms. The molecule has 2 aromatic rings. The molecule has 0 saturated carbocycles. The molecule has 0 unspecified atom stereocenters. The second-order valence-electron chi connectivity index (χ2n) is 3.31. The van der Waals surface area contributed by atoms with Crippen LogP contribution in [-0.2, 0) is 0 Å². The van der Waals surface area contributed by atoms with Gasteiger partial charge in [-0.1, -0.05) is 60.7 Å². The van der Waals surface area contributed by atoms with E-state index in [9.17, 15) is 4.79 Å². The van der Waals surface area contributed by atoms with E-state index in [-0.39, 0.29) is 64.9 Å². The summed E-state index contributed by atoms with van der Waals surface area (Å²) < 4.78 is 0. The Balaban J connectivity index is 0. The average molecular weight is 288 g/mol. The van der Waals surface area contributed by atoms with Gasteiger partial charge in [0.25, 0.3) is 0 Å². The molecule has 92 valence electrons. The van der Waals surface area contributed by atoms with Crippen molar-refractivity contribution >= 4 is 11.9 Å². The Bertz CT molecular complexity index is 470. The van der Waals surface area contributed by atoms with Crippen molar-refractivity contribution in [3.63, 3.8) is 0 Å². The molecule has 0 aliphatic rings. The molecule has 20 heavy (non-hydrogen) atoms. The van der Waals surface area contributed by atoms with E-state index in [1.165, 1.54) is 0 Å². The summed E-state index contributed by atoms with van der Waals surface area (Å²) in [6.07, 6.45) is -2.33. The van der Waals surface area contributed by atoms with Gasteiger partial charge in [-0.3, -0.25) is 4.79 Å². The van der Waals surface area contributed by atoms with Gasteiger partial charge in [0.05, 0.1) is 0 Å². The molecule has 0 atom stereocenters. The fraction of sp³-hybridized carbons (Fsp3) is 0. The summed E-state index contributed by atoms with van der Waals surface area (Å²) in [6.45, 7) is 0. The van der Waals surface area contributed by atoms with Crippen molar-refractivity contribution in [1.29, 1.82) is 0 Å². The van der Waals surface area contributed by atoms with Crippen LogP contribution in [0.4, 0.5) is 4.79 Å². The zero-order valence-corrected chi connectivity index (χ0v) is 15.4. The number of carbonyl (C=O) groups is 2. The van der Waals surface area contributed by atoms with E-state index in [1.807, 2.05) is 60.7 Å². The Hall–Kier alpha value is -0.620. The molecule has 0 heterocycles. The molecule has 4 nitrogen and oxygen atoms in total. The molecule has 6 heteroatoms. The molecule has 2 aromatic carbocycles. The third-order valence-corrected chi connectivity index (χ3v) is 2.07. The van der Waals surface area contributed by atoms with Crippen LogP contribution in [0.1, 0.15) is 15.9 Å². The number of rotatable bonds is 2. The molecule has 2 rings (SSSR count). The average Bonchev–Trinajstić information content (AvgIpc) is 2.39. The molecule has 0 aromatic heterocycles. The molecule has 0 radical (unpaired) electrons. The van der Waals surface area contributed by atoms with Crippen LogP contribution in [0.5, 0.6) is 0 Å². The smallest absolute Gasteiger partial charge is 0.652 e. The summed E-state index contributed by atoms with van der Waals surface area (Å²) in [6, 6.07) is 18.6. The summed E-state index contributed by atoms with van der Waals surface area (Å²) in [5.41, 5.74) is 1.47. The van der Waals surface area contributed by atoms with Crippen molar-refractivity contribution in [2.75, 3.05) is 0 Å². The molecular formula is C14H10Na2O4. The topological polar surface area (TPSA) is 80.3 Å². The van der Waals surface area contributed by atoms with E-state index >= 15 is 0 Å². The number of carboxylic acid groups (broad SMARTS) is 2. The van der Waals surface area contributed by atoms with Gasteiger partial charge in [-0.2, -0.15) is 0 Å². The fourth-order valence-corrected chi connectivity index (χ4v) is 1.35. The Morgan fingerprint density at radius 3 is 1.15 bits per heavy atom. The van der Waals surface area contributed by atoms with Crippen LogP contribution in [0.15, 0.2) is 60.7 Å². The first-order valence-electron chi connectivity index (χ1n) is 5.14. The van der Waals surface area contributed by atoms with Gasteiger partial charge in [-0.25, -0.2) is 0 Å². The molecule has 0 bridgehead atoms. The van der Waals surface area contributed by atoms with Crippen LogP contribution in [-0.4, -0.2) is 11.9 Å². The van der Waals surface area contributed by atoms with Gasteiger partial charge in [0.15, 0.2) is 5.78 Å². The minimum atomic E-state index is -2.33. The first kappa shape index (κ1) is 21.7. The first-order valence-corrected chi connectivity index (χ1v) is 5.14. The van der Waals surface area contributed by atoms with E-state index in [0.717, 1.165) is 11.1 Å². The van der Waals surface area contributed by atoms with Crippen LogP contribution in [0, 0.1) is 0 Å². The second-order valence-corrected chi connectivity index (χ2v) is 3.31. The molecule has 0 aliphatic heterocycles. The molecule has 0 aliphatic carbocycles. The molecule has 0 saturated heterocycles. The Morgan fingerprint density at radius 2 is 0.900 bits per heavy atom. The summed E-state index contributed by atoms with van der Waals surface area (Å²) >= 11 is 0. The first-order chi connectivity index (χ1) is 8.61. The third kappa shape index (κ3) is 8.53. The summed E-state index contributed by atoms with van der Waals surface area (Å²) in [7, 11) is 0. The number of hydrogen-bond donors (Lipinski definition) is 0. The second kappa shape index (κ2) is 12.1. The van der Waals surface area contributed by atoms with E-state index < -0.39 is 6.16 Å². The van der Waals surface area contributed by atoms with Gasteiger partial charge in [0.1, 0.15) is 0 Å². The zero-order valence-electron chi connectivity index (χ0n) is 11.4. The predicted molar refractivity (Wildman–Crippen MR) is 61.7 cm³/mol.